The van der Waals surface area contributed by atoms with Gasteiger partial charge in [0.25, 0.3) is 0 Å². The lowest BCUT2D eigenvalue weighted by Crippen LogP contribution is -2.40. The number of carbonyl (C=O) groups excluding carboxylic acids is 1. The highest BCUT2D eigenvalue weighted by molar-refractivity contribution is 6.01. The lowest BCUT2D eigenvalue weighted by atomic mass is 9.86. The number of hydrogen-bond acceptors (Lipinski definition) is 5. The number of nitrogens with zero attached hydrogens (tertiary/aromatic N) is 1. The van der Waals surface area contributed by atoms with Gasteiger partial charge in [-0.3, -0.25) is 9.78 Å². The molecule has 1 aliphatic heterocycles. The Bertz CT molecular complexity index is 1320. The minimum absolute atomic E-state index is 0.145. The smallest absolute Gasteiger partial charge is 0.303 e. The molecule has 0 bridgehead atoms. The summed E-state index contributed by atoms with van der Waals surface area (Å²) in [4.78, 5) is 15.3. The molecule has 5 nitrogen and oxygen atoms in total. The fourth-order valence-corrected chi connectivity index (χ4v) is 4.81. The number of benzene rings is 2. The van der Waals surface area contributed by atoms with E-state index in [1.54, 1.807) is 0 Å². The van der Waals surface area contributed by atoms with Crippen LogP contribution in [0.5, 0.6) is 0 Å². The second-order valence-electron chi connectivity index (χ2n) is 11.4. The van der Waals surface area contributed by atoms with Gasteiger partial charge in [0.1, 0.15) is 11.4 Å². The molecular formula is C32H38FNO4. The standard InChI is InChI=1S/C26H26FNO2.C6H12O2/c1-16(22-14-15-29-26(2,3)30-22)23-24(17-10-12-19(27)13-11-17)20-6-4-5-7-21(20)28-25(23)18-8-9-18;1-5(7)8-6(2,3)4/h4-7,10-13,18,22H,1,8-9,14-15H2,2-3H3;1-4H3/t22-;/m0./s1. The summed E-state index contributed by atoms with van der Waals surface area (Å²) in [6.07, 6.45) is 2.87. The maximum absolute atomic E-state index is 13.7. The first-order chi connectivity index (χ1) is 17.8. The van der Waals surface area contributed by atoms with Crippen LogP contribution in [0.3, 0.4) is 0 Å². The van der Waals surface area contributed by atoms with Crippen LogP contribution in [0.1, 0.15) is 78.0 Å². The molecule has 2 aromatic carbocycles. The Morgan fingerprint density at radius 2 is 1.74 bits per heavy atom. The largest absolute Gasteiger partial charge is 0.460 e. The third-order valence-corrected chi connectivity index (χ3v) is 6.43. The number of esters is 1. The van der Waals surface area contributed by atoms with E-state index in [0.29, 0.717) is 12.5 Å². The molecule has 202 valence electrons. The van der Waals surface area contributed by atoms with Crippen molar-refractivity contribution in [2.75, 3.05) is 6.61 Å². The molecule has 38 heavy (non-hydrogen) atoms. The van der Waals surface area contributed by atoms with Gasteiger partial charge < -0.3 is 14.2 Å². The van der Waals surface area contributed by atoms with Gasteiger partial charge in [-0.05, 0) is 76.8 Å². The van der Waals surface area contributed by atoms with E-state index in [0.717, 1.165) is 58.1 Å². The fourth-order valence-electron chi connectivity index (χ4n) is 4.81. The molecule has 0 radical (unpaired) electrons. The van der Waals surface area contributed by atoms with Crippen LogP contribution in [0, 0.1) is 5.82 Å². The van der Waals surface area contributed by atoms with Crippen LogP contribution in [-0.2, 0) is 19.0 Å². The number of hydrogen-bond donors (Lipinski definition) is 0. The molecule has 0 unspecified atom stereocenters. The molecule has 1 atom stereocenters. The minimum Gasteiger partial charge on any atom is -0.460 e. The van der Waals surface area contributed by atoms with Gasteiger partial charge in [0.15, 0.2) is 5.79 Å². The van der Waals surface area contributed by atoms with Crippen molar-refractivity contribution in [3.05, 3.63) is 72.2 Å². The molecule has 2 heterocycles. The molecule has 0 spiro atoms. The minimum atomic E-state index is -0.647. The maximum Gasteiger partial charge on any atom is 0.303 e. The van der Waals surface area contributed by atoms with Gasteiger partial charge in [0.2, 0.25) is 0 Å². The number of aromatic nitrogens is 1. The average Bonchev–Trinajstić information content (AvgIpc) is 3.67. The summed E-state index contributed by atoms with van der Waals surface area (Å²) < 4.78 is 30.5. The highest BCUT2D eigenvalue weighted by atomic mass is 19.1. The predicted molar refractivity (Wildman–Crippen MR) is 149 cm³/mol. The van der Waals surface area contributed by atoms with E-state index >= 15 is 0 Å². The first-order valence-corrected chi connectivity index (χ1v) is 13.2. The van der Waals surface area contributed by atoms with Gasteiger partial charge in [0.05, 0.1) is 23.9 Å². The third-order valence-electron chi connectivity index (χ3n) is 6.43. The first-order valence-electron chi connectivity index (χ1n) is 13.2. The quantitative estimate of drug-likeness (QED) is 0.329. The summed E-state index contributed by atoms with van der Waals surface area (Å²) in [6.45, 7) is 15.9. The number of pyridine rings is 1. The Morgan fingerprint density at radius 3 is 2.29 bits per heavy atom. The van der Waals surface area contributed by atoms with Crippen LogP contribution in [0.4, 0.5) is 4.39 Å². The third kappa shape index (κ3) is 6.86. The van der Waals surface area contributed by atoms with Crippen LogP contribution in [0.25, 0.3) is 27.6 Å². The average molecular weight is 520 g/mol. The molecular weight excluding hydrogens is 481 g/mol. The molecule has 1 saturated heterocycles. The molecule has 1 aromatic heterocycles. The monoisotopic (exact) mass is 519 g/mol. The van der Waals surface area contributed by atoms with E-state index in [2.05, 4.69) is 18.7 Å². The van der Waals surface area contributed by atoms with Crippen molar-refractivity contribution < 1.29 is 23.4 Å². The van der Waals surface area contributed by atoms with Crippen LogP contribution in [0.15, 0.2) is 55.1 Å². The molecule has 1 aliphatic carbocycles. The Kier molecular flexibility index (Phi) is 8.05. The predicted octanol–water partition coefficient (Wildman–Crippen LogP) is 7.82. The molecule has 6 heteroatoms. The molecule has 3 aromatic rings. The molecule has 2 fully saturated rings. The highest BCUT2D eigenvalue weighted by Gasteiger charge is 2.36. The summed E-state index contributed by atoms with van der Waals surface area (Å²) in [5.41, 5.74) is 5.76. The fraction of sp³-hybridized carbons (Fsp3) is 0.438. The zero-order chi connectivity index (χ0) is 27.7. The summed E-state index contributed by atoms with van der Waals surface area (Å²) >= 11 is 0. The van der Waals surface area contributed by atoms with Gasteiger partial charge in [-0.1, -0.05) is 36.9 Å². The topological polar surface area (TPSA) is 57.7 Å². The summed E-state index contributed by atoms with van der Waals surface area (Å²) in [6, 6.07) is 14.9. The summed E-state index contributed by atoms with van der Waals surface area (Å²) in [5.74, 6) is -0.674. The maximum atomic E-state index is 13.7. The van der Waals surface area contributed by atoms with Crippen molar-refractivity contribution in [2.45, 2.75) is 84.2 Å². The van der Waals surface area contributed by atoms with E-state index < -0.39 is 5.79 Å². The molecule has 0 N–H and O–H groups in total. The van der Waals surface area contributed by atoms with E-state index in [4.69, 9.17) is 19.2 Å². The highest BCUT2D eigenvalue weighted by Crippen LogP contribution is 2.48. The Hall–Kier alpha value is -3.09. The van der Waals surface area contributed by atoms with Gasteiger partial charge in [0, 0.05) is 35.8 Å². The van der Waals surface area contributed by atoms with E-state index in [1.807, 2.05) is 58.9 Å². The van der Waals surface area contributed by atoms with E-state index in [-0.39, 0.29) is 23.5 Å². The second kappa shape index (κ2) is 11.0. The lowest BCUT2D eigenvalue weighted by Gasteiger charge is -2.37. The SMILES string of the molecule is C=C(c1c(C2CC2)nc2ccccc2c1-c1ccc(F)cc1)[C@@H]1CCOC(C)(C)O1.CC(=O)OC(C)(C)C. The van der Waals surface area contributed by atoms with Crippen molar-refractivity contribution in [2.24, 2.45) is 0 Å². The summed E-state index contributed by atoms with van der Waals surface area (Å²) in [5, 5.41) is 1.05. The van der Waals surface area contributed by atoms with E-state index in [9.17, 15) is 9.18 Å². The zero-order valence-electron chi connectivity index (χ0n) is 23.3. The van der Waals surface area contributed by atoms with Crippen molar-refractivity contribution in [3.63, 3.8) is 0 Å². The number of rotatable bonds is 4. The van der Waals surface area contributed by atoms with Gasteiger partial charge >= 0.3 is 5.97 Å². The van der Waals surface area contributed by atoms with Crippen LogP contribution in [-0.4, -0.2) is 35.1 Å². The zero-order valence-corrected chi connectivity index (χ0v) is 23.3. The molecule has 2 aliphatic rings. The number of ether oxygens (including phenoxy) is 3. The van der Waals surface area contributed by atoms with Crippen molar-refractivity contribution in [3.8, 4) is 11.1 Å². The second-order valence-corrected chi connectivity index (χ2v) is 11.4. The van der Waals surface area contributed by atoms with Crippen molar-refractivity contribution in [1.29, 1.82) is 0 Å². The van der Waals surface area contributed by atoms with Gasteiger partial charge in [-0.25, -0.2) is 4.39 Å². The molecule has 5 rings (SSSR count). The van der Waals surface area contributed by atoms with Gasteiger partial charge in [-0.2, -0.15) is 0 Å². The first kappa shape index (κ1) is 27.9. The Labute approximate surface area is 225 Å². The number of fused-ring (bicyclic) bond motifs is 1. The van der Waals surface area contributed by atoms with Crippen molar-refractivity contribution >= 4 is 22.4 Å². The normalized spacial score (nSPS) is 18.9. The van der Waals surface area contributed by atoms with Gasteiger partial charge in [-0.15, -0.1) is 0 Å². The van der Waals surface area contributed by atoms with Crippen molar-refractivity contribution in [1.82, 2.24) is 4.98 Å². The number of para-hydroxylation sites is 1. The summed E-state index contributed by atoms with van der Waals surface area (Å²) in [7, 11) is 0. The van der Waals surface area contributed by atoms with Crippen LogP contribution >= 0.6 is 0 Å². The Morgan fingerprint density at radius 1 is 1.08 bits per heavy atom. The van der Waals surface area contributed by atoms with Crippen LogP contribution < -0.4 is 0 Å². The molecule has 1 saturated carbocycles. The lowest BCUT2D eigenvalue weighted by molar-refractivity contribution is -0.260. The number of carbonyl (C=O) groups is 1. The van der Waals surface area contributed by atoms with Crippen LogP contribution in [0.2, 0.25) is 0 Å². The Balaban J connectivity index is 0.000000368. The molecule has 0 amide bonds. The van der Waals surface area contributed by atoms with E-state index in [1.165, 1.54) is 19.1 Å². The number of halogens is 1.